The predicted molar refractivity (Wildman–Crippen MR) is 68.0 cm³/mol. The summed E-state index contributed by atoms with van der Waals surface area (Å²) in [6.07, 6.45) is 0. The van der Waals surface area contributed by atoms with Crippen molar-refractivity contribution >= 4 is 26.9 Å². The lowest BCUT2D eigenvalue weighted by atomic mass is 10.2. The van der Waals surface area contributed by atoms with Crippen LogP contribution in [0.3, 0.4) is 0 Å². The van der Waals surface area contributed by atoms with E-state index in [1.54, 1.807) is 19.1 Å². The van der Waals surface area contributed by atoms with Crippen molar-refractivity contribution < 1.29 is 13.9 Å². The Morgan fingerprint density at radius 2 is 1.76 bits per heavy atom. The smallest absolute Gasteiger partial charge is 0.211 e. The average Bonchev–Trinajstić information content (AvgIpc) is 2.34. The third-order valence-corrected chi connectivity index (χ3v) is 3.43. The number of hydrogen-bond acceptors (Lipinski definition) is 4. The van der Waals surface area contributed by atoms with Gasteiger partial charge in [-0.2, -0.15) is 0 Å². The summed E-state index contributed by atoms with van der Waals surface area (Å²) in [5.74, 6) is 1.48. The molecule has 1 heterocycles. The van der Waals surface area contributed by atoms with E-state index in [0.717, 1.165) is 0 Å². The lowest BCUT2D eigenvalue weighted by Gasteiger charge is -2.09. The number of ether oxygens (including phenoxy) is 2. The molecule has 4 nitrogen and oxygen atoms in total. The highest BCUT2D eigenvalue weighted by Crippen LogP contribution is 2.33. The molecule has 0 atom stereocenters. The first-order valence-electron chi connectivity index (χ1n) is 4.94. The van der Waals surface area contributed by atoms with E-state index in [0.29, 0.717) is 32.7 Å². The highest BCUT2D eigenvalue weighted by molar-refractivity contribution is 9.10. The standard InChI is InChI=1S/C12H11BrO4/c1-6-10(13)11(14)9-7(15-2)4-5-8(16-3)12(9)17-6/h4-5H,1-3H3. The van der Waals surface area contributed by atoms with Crippen LogP contribution in [-0.4, -0.2) is 14.2 Å². The van der Waals surface area contributed by atoms with Crippen LogP contribution in [0.25, 0.3) is 11.0 Å². The van der Waals surface area contributed by atoms with Crippen LogP contribution in [0.1, 0.15) is 5.76 Å². The highest BCUT2D eigenvalue weighted by Gasteiger charge is 2.16. The third kappa shape index (κ3) is 1.80. The van der Waals surface area contributed by atoms with Crippen molar-refractivity contribution in [3.05, 3.63) is 32.6 Å². The van der Waals surface area contributed by atoms with Crippen molar-refractivity contribution in [3.63, 3.8) is 0 Å². The lowest BCUT2D eigenvalue weighted by Crippen LogP contribution is -2.06. The van der Waals surface area contributed by atoms with Gasteiger partial charge in [-0.1, -0.05) is 0 Å². The zero-order valence-corrected chi connectivity index (χ0v) is 11.3. The second-order valence-electron chi connectivity index (χ2n) is 3.48. The van der Waals surface area contributed by atoms with Gasteiger partial charge in [0.15, 0.2) is 11.3 Å². The normalized spacial score (nSPS) is 10.6. The third-order valence-electron chi connectivity index (χ3n) is 2.51. The predicted octanol–water partition coefficient (Wildman–Crippen LogP) is 2.88. The minimum Gasteiger partial charge on any atom is -0.496 e. The fraction of sp³-hybridized carbons (Fsp3) is 0.250. The van der Waals surface area contributed by atoms with Gasteiger partial charge in [-0.25, -0.2) is 0 Å². The number of benzene rings is 1. The minimum atomic E-state index is -0.167. The molecule has 90 valence electrons. The molecule has 0 radical (unpaired) electrons. The molecule has 2 aromatic rings. The van der Waals surface area contributed by atoms with Gasteiger partial charge in [-0.3, -0.25) is 4.79 Å². The number of methoxy groups -OCH3 is 2. The maximum Gasteiger partial charge on any atom is 0.211 e. The Hall–Kier alpha value is -1.49. The van der Waals surface area contributed by atoms with Gasteiger partial charge in [0, 0.05) is 0 Å². The van der Waals surface area contributed by atoms with Gasteiger partial charge in [0.05, 0.1) is 14.2 Å². The van der Waals surface area contributed by atoms with Crippen LogP contribution in [0.2, 0.25) is 0 Å². The summed E-state index contributed by atoms with van der Waals surface area (Å²) in [4.78, 5) is 12.2. The first-order chi connectivity index (χ1) is 8.10. The number of halogens is 1. The molecule has 5 heteroatoms. The van der Waals surface area contributed by atoms with Crippen LogP contribution in [0, 0.1) is 6.92 Å². The van der Waals surface area contributed by atoms with Crippen molar-refractivity contribution in [2.24, 2.45) is 0 Å². The number of aryl methyl sites for hydroxylation is 1. The topological polar surface area (TPSA) is 48.7 Å². The van der Waals surface area contributed by atoms with Crippen molar-refractivity contribution in [1.82, 2.24) is 0 Å². The first-order valence-corrected chi connectivity index (χ1v) is 5.73. The quantitative estimate of drug-likeness (QED) is 0.855. The Morgan fingerprint density at radius 1 is 1.18 bits per heavy atom. The van der Waals surface area contributed by atoms with Crippen molar-refractivity contribution in [1.29, 1.82) is 0 Å². The van der Waals surface area contributed by atoms with Crippen molar-refractivity contribution in [2.45, 2.75) is 6.92 Å². The largest absolute Gasteiger partial charge is 0.496 e. The maximum atomic E-state index is 12.2. The Morgan fingerprint density at radius 3 is 2.35 bits per heavy atom. The lowest BCUT2D eigenvalue weighted by molar-refractivity contribution is 0.399. The molecule has 0 aliphatic carbocycles. The molecule has 0 spiro atoms. The van der Waals surface area contributed by atoms with E-state index in [1.165, 1.54) is 14.2 Å². The molecular weight excluding hydrogens is 288 g/mol. The molecule has 17 heavy (non-hydrogen) atoms. The van der Waals surface area contributed by atoms with Crippen LogP contribution in [-0.2, 0) is 0 Å². The summed E-state index contributed by atoms with van der Waals surface area (Å²) in [6.45, 7) is 1.71. The summed E-state index contributed by atoms with van der Waals surface area (Å²) in [7, 11) is 3.03. The summed E-state index contributed by atoms with van der Waals surface area (Å²) in [6, 6.07) is 3.39. The molecular formula is C12H11BrO4. The zero-order chi connectivity index (χ0) is 12.6. The summed E-state index contributed by atoms with van der Waals surface area (Å²) in [5, 5.41) is 0.379. The monoisotopic (exact) mass is 298 g/mol. The second-order valence-corrected chi connectivity index (χ2v) is 4.27. The zero-order valence-electron chi connectivity index (χ0n) is 9.67. The summed E-state index contributed by atoms with van der Waals surface area (Å²) < 4.78 is 16.3. The SMILES string of the molecule is COc1ccc(OC)c2c(=O)c(Br)c(C)oc12. The molecule has 0 unspecified atom stereocenters. The number of hydrogen-bond donors (Lipinski definition) is 0. The van der Waals surface area contributed by atoms with Gasteiger partial charge in [0.1, 0.15) is 21.4 Å². The molecule has 1 aromatic carbocycles. The second kappa shape index (κ2) is 4.41. The van der Waals surface area contributed by atoms with Crippen molar-refractivity contribution in [2.75, 3.05) is 14.2 Å². The van der Waals surface area contributed by atoms with E-state index < -0.39 is 0 Å². The Labute approximate surface area is 106 Å². The van der Waals surface area contributed by atoms with Gasteiger partial charge in [-0.05, 0) is 35.0 Å². The van der Waals surface area contributed by atoms with Gasteiger partial charge in [-0.15, -0.1) is 0 Å². The average molecular weight is 299 g/mol. The van der Waals surface area contributed by atoms with E-state index in [-0.39, 0.29) is 5.43 Å². The number of rotatable bonds is 2. The fourth-order valence-corrected chi connectivity index (χ4v) is 1.94. The van der Waals surface area contributed by atoms with E-state index in [4.69, 9.17) is 13.9 Å². The van der Waals surface area contributed by atoms with E-state index in [2.05, 4.69) is 15.9 Å². The van der Waals surface area contributed by atoms with E-state index in [9.17, 15) is 4.79 Å². The molecule has 1 aromatic heterocycles. The minimum absolute atomic E-state index is 0.167. The van der Waals surface area contributed by atoms with Gasteiger partial charge < -0.3 is 13.9 Å². The molecule has 0 aliphatic rings. The molecule has 0 bridgehead atoms. The molecule has 0 fully saturated rings. The summed E-state index contributed by atoms with van der Waals surface area (Å²) >= 11 is 3.21. The van der Waals surface area contributed by atoms with Gasteiger partial charge in [0.25, 0.3) is 0 Å². The van der Waals surface area contributed by atoms with Crippen molar-refractivity contribution in [3.8, 4) is 11.5 Å². The van der Waals surface area contributed by atoms with Crippen LogP contribution in [0.15, 0.2) is 25.8 Å². The Kier molecular flexibility index (Phi) is 3.11. The first kappa shape index (κ1) is 12.0. The Balaban J connectivity index is 3.01. The van der Waals surface area contributed by atoms with E-state index in [1.807, 2.05) is 0 Å². The van der Waals surface area contributed by atoms with Crippen LogP contribution in [0.4, 0.5) is 0 Å². The summed E-state index contributed by atoms with van der Waals surface area (Å²) in [5.41, 5.74) is 0.233. The molecule has 0 aliphatic heterocycles. The van der Waals surface area contributed by atoms with Gasteiger partial charge in [0.2, 0.25) is 5.43 Å². The Bertz CT molecular complexity index is 630. The molecule has 0 saturated heterocycles. The fourth-order valence-electron chi connectivity index (χ4n) is 1.66. The molecule has 0 N–H and O–H groups in total. The van der Waals surface area contributed by atoms with E-state index >= 15 is 0 Å². The highest BCUT2D eigenvalue weighted by atomic mass is 79.9. The molecule has 2 rings (SSSR count). The van der Waals surface area contributed by atoms with Crippen LogP contribution < -0.4 is 14.9 Å². The molecule has 0 amide bonds. The maximum absolute atomic E-state index is 12.2. The van der Waals surface area contributed by atoms with Crippen LogP contribution in [0.5, 0.6) is 11.5 Å². The molecule has 0 saturated carbocycles. The van der Waals surface area contributed by atoms with Gasteiger partial charge >= 0.3 is 0 Å². The number of fused-ring (bicyclic) bond motifs is 1. The van der Waals surface area contributed by atoms with Crippen LogP contribution >= 0.6 is 15.9 Å².